The summed E-state index contributed by atoms with van der Waals surface area (Å²) in [5.41, 5.74) is 5.21. The number of ketones is 1. The lowest BCUT2D eigenvalue weighted by molar-refractivity contribution is -0.137. The first kappa shape index (κ1) is 19.0. The van der Waals surface area contributed by atoms with Crippen LogP contribution in [0.4, 0.5) is 0 Å². The van der Waals surface area contributed by atoms with E-state index in [4.69, 9.17) is 9.84 Å². The van der Waals surface area contributed by atoms with Crippen molar-refractivity contribution in [3.8, 4) is 5.75 Å². The number of fused-ring (bicyclic) bond motifs is 4. The van der Waals surface area contributed by atoms with Crippen LogP contribution in [0.25, 0.3) is 6.08 Å². The molecule has 1 heterocycles. The quantitative estimate of drug-likeness (QED) is 0.649. The largest absolute Gasteiger partial charge is 0.494 e. The molecule has 0 bridgehead atoms. The van der Waals surface area contributed by atoms with Crippen LogP contribution in [0.15, 0.2) is 22.7 Å². The fourth-order valence-electron chi connectivity index (χ4n) is 4.16. The molecule has 0 aliphatic heterocycles. The van der Waals surface area contributed by atoms with Crippen LogP contribution in [-0.4, -0.2) is 28.4 Å². The van der Waals surface area contributed by atoms with Gasteiger partial charge < -0.3 is 14.8 Å². The van der Waals surface area contributed by atoms with Crippen molar-refractivity contribution in [3.63, 3.8) is 0 Å². The van der Waals surface area contributed by atoms with Crippen LogP contribution in [0.3, 0.4) is 0 Å². The molecule has 0 saturated heterocycles. The number of carbonyl (C=O) groups is 2. The summed E-state index contributed by atoms with van der Waals surface area (Å²) in [5, 5.41) is 8.74. The van der Waals surface area contributed by atoms with Crippen LogP contribution in [0.1, 0.15) is 71.5 Å². The molecule has 5 nitrogen and oxygen atoms in total. The maximum atomic E-state index is 13.4. The molecular formula is C22H22BrNO4. The van der Waals surface area contributed by atoms with Crippen molar-refractivity contribution in [2.45, 2.75) is 44.9 Å². The molecule has 1 aromatic heterocycles. The number of ether oxygens (including phenoxy) is 1. The molecule has 2 N–H and O–H groups in total. The molecule has 6 heteroatoms. The zero-order valence-electron chi connectivity index (χ0n) is 15.9. The van der Waals surface area contributed by atoms with Crippen molar-refractivity contribution in [1.82, 2.24) is 4.98 Å². The number of H-pyrrole nitrogens is 1. The summed E-state index contributed by atoms with van der Waals surface area (Å²) in [6.07, 6.45) is 4.30. The number of carboxylic acid groups (broad SMARTS) is 1. The standard InChI is InChI=1S/C22H22BrNO4/c1-22(2)16-8-6-13(28-9-3-4-18(25)26)11-15(16)20(27)19-14-7-5-12(23)10-17(14)24-21(19)22/h6,8,10-11,24H,3-5,7,9H2,1-2H3,(H,25,26). The number of carbonyl (C=O) groups excluding carboxylic acids is 1. The molecule has 2 aromatic rings. The average Bonchev–Trinajstić information content (AvgIpc) is 3.03. The fourth-order valence-corrected chi connectivity index (χ4v) is 4.59. The van der Waals surface area contributed by atoms with E-state index in [0.29, 0.717) is 24.3 Å². The van der Waals surface area contributed by atoms with E-state index >= 15 is 0 Å². The van der Waals surface area contributed by atoms with Gasteiger partial charge in [-0.2, -0.15) is 0 Å². The Kier molecular flexibility index (Phi) is 4.70. The minimum atomic E-state index is -0.837. The van der Waals surface area contributed by atoms with E-state index in [1.165, 1.54) is 0 Å². The minimum Gasteiger partial charge on any atom is -0.494 e. The molecular weight excluding hydrogens is 422 g/mol. The van der Waals surface area contributed by atoms with Crippen LogP contribution in [-0.2, 0) is 16.6 Å². The third-order valence-electron chi connectivity index (χ3n) is 5.62. The summed E-state index contributed by atoms with van der Waals surface area (Å²) < 4.78 is 6.83. The van der Waals surface area contributed by atoms with Gasteiger partial charge in [-0.1, -0.05) is 35.8 Å². The Bertz CT molecular complexity index is 1020. The summed E-state index contributed by atoms with van der Waals surface area (Å²) in [5.74, 6) is -0.204. The van der Waals surface area contributed by atoms with Crippen LogP contribution in [0.2, 0.25) is 0 Å². The van der Waals surface area contributed by atoms with Crippen molar-refractivity contribution < 1.29 is 19.4 Å². The second kappa shape index (κ2) is 6.92. The lowest BCUT2D eigenvalue weighted by Crippen LogP contribution is -2.30. The second-order valence-electron chi connectivity index (χ2n) is 7.87. The number of halogens is 1. The first-order valence-electron chi connectivity index (χ1n) is 9.44. The summed E-state index contributed by atoms with van der Waals surface area (Å²) in [4.78, 5) is 27.5. The maximum Gasteiger partial charge on any atom is 0.303 e. The highest BCUT2D eigenvalue weighted by Gasteiger charge is 2.41. The molecule has 0 saturated carbocycles. The van der Waals surface area contributed by atoms with Crippen LogP contribution in [0.5, 0.6) is 5.75 Å². The predicted molar refractivity (Wildman–Crippen MR) is 110 cm³/mol. The molecule has 2 aliphatic rings. The van der Waals surface area contributed by atoms with Crippen LogP contribution in [0, 0.1) is 0 Å². The third kappa shape index (κ3) is 3.09. The number of nitrogens with one attached hydrogen (secondary N) is 1. The molecule has 0 radical (unpaired) electrons. The molecule has 0 spiro atoms. The lowest BCUT2D eigenvalue weighted by atomic mass is 9.70. The zero-order valence-corrected chi connectivity index (χ0v) is 17.5. The summed E-state index contributed by atoms with van der Waals surface area (Å²) in [7, 11) is 0. The lowest BCUT2D eigenvalue weighted by Gasteiger charge is -2.32. The van der Waals surface area contributed by atoms with Gasteiger partial charge in [-0.25, -0.2) is 0 Å². The van der Waals surface area contributed by atoms with E-state index < -0.39 is 5.97 Å². The highest BCUT2D eigenvalue weighted by Crippen LogP contribution is 2.45. The summed E-state index contributed by atoms with van der Waals surface area (Å²) >= 11 is 3.57. The average molecular weight is 444 g/mol. The Morgan fingerprint density at radius 2 is 2.11 bits per heavy atom. The molecule has 1 aromatic carbocycles. The number of allylic oxidation sites excluding steroid dienone is 1. The van der Waals surface area contributed by atoms with E-state index in [-0.39, 0.29) is 17.6 Å². The Labute approximate surface area is 171 Å². The number of hydrogen-bond donors (Lipinski definition) is 2. The van der Waals surface area contributed by atoms with E-state index in [2.05, 4.69) is 40.8 Å². The van der Waals surface area contributed by atoms with Crippen molar-refractivity contribution in [1.29, 1.82) is 0 Å². The molecule has 146 valence electrons. The van der Waals surface area contributed by atoms with Gasteiger partial charge in [0, 0.05) is 34.4 Å². The maximum absolute atomic E-state index is 13.4. The molecule has 0 unspecified atom stereocenters. The fraction of sp³-hybridized carbons (Fsp3) is 0.364. The van der Waals surface area contributed by atoms with E-state index in [1.54, 1.807) is 6.07 Å². The number of aromatic nitrogens is 1. The Morgan fingerprint density at radius 3 is 2.86 bits per heavy atom. The van der Waals surface area contributed by atoms with Crippen molar-refractivity contribution >= 4 is 33.8 Å². The van der Waals surface area contributed by atoms with Gasteiger partial charge >= 0.3 is 5.97 Å². The van der Waals surface area contributed by atoms with Crippen LogP contribution < -0.4 is 4.74 Å². The van der Waals surface area contributed by atoms with Gasteiger partial charge in [0.15, 0.2) is 5.78 Å². The molecule has 0 fully saturated rings. The van der Waals surface area contributed by atoms with Crippen molar-refractivity contribution in [2.24, 2.45) is 0 Å². The third-order valence-corrected chi connectivity index (χ3v) is 6.24. The van der Waals surface area contributed by atoms with E-state index in [0.717, 1.165) is 45.4 Å². The van der Waals surface area contributed by atoms with Gasteiger partial charge in [-0.15, -0.1) is 0 Å². The topological polar surface area (TPSA) is 79.4 Å². The number of aromatic amines is 1. The van der Waals surface area contributed by atoms with E-state index in [1.807, 2.05) is 12.1 Å². The SMILES string of the molecule is CC1(C)c2ccc(OCCCC(=O)O)cc2C(=O)c2c1[nH]c1c2CCC(Br)=C1. The van der Waals surface area contributed by atoms with Gasteiger partial charge in [0.2, 0.25) is 0 Å². The molecule has 2 aliphatic carbocycles. The summed E-state index contributed by atoms with van der Waals surface area (Å²) in [6.45, 7) is 4.57. The molecule has 0 amide bonds. The van der Waals surface area contributed by atoms with Gasteiger partial charge in [0.25, 0.3) is 0 Å². The van der Waals surface area contributed by atoms with Gasteiger partial charge in [-0.05, 0) is 53.1 Å². The van der Waals surface area contributed by atoms with Gasteiger partial charge in [-0.3, -0.25) is 9.59 Å². The Balaban J connectivity index is 1.70. The minimum absolute atomic E-state index is 0.0317. The first-order valence-corrected chi connectivity index (χ1v) is 10.2. The number of carboxylic acids is 1. The predicted octanol–water partition coefficient (Wildman–Crippen LogP) is 4.81. The number of aliphatic carboxylic acids is 1. The van der Waals surface area contributed by atoms with Crippen molar-refractivity contribution in [3.05, 3.63) is 56.3 Å². The highest BCUT2D eigenvalue weighted by atomic mass is 79.9. The molecule has 4 rings (SSSR count). The smallest absolute Gasteiger partial charge is 0.303 e. The first-order chi connectivity index (χ1) is 13.3. The second-order valence-corrected chi connectivity index (χ2v) is 8.88. The van der Waals surface area contributed by atoms with Crippen LogP contribution >= 0.6 is 15.9 Å². The van der Waals surface area contributed by atoms with Crippen molar-refractivity contribution in [2.75, 3.05) is 6.61 Å². The molecule has 28 heavy (non-hydrogen) atoms. The Hall–Kier alpha value is -2.34. The number of hydrogen-bond acceptors (Lipinski definition) is 3. The highest BCUT2D eigenvalue weighted by molar-refractivity contribution is 9.11. The number of benzene rings is 1. The molecule has 0 atom stereocenters. The normalized spacial score (nSPS) is 16.7. The van der Waals surface area contributed by atoms with Gasteiger partial charge in [0.05, 0.1) is 6.61 Å². The monoisotopic (exact) mass is 443 g/mol. The number of rotatable bonds is 5. The zero-order chi connectivity index (χ0) is 20.1. The Morgan fingerprint density at radius 1 is 1.32 bits per heavy atom. The summed E-state index contributed by atoms with van der Waals surface area (Å²) in [6, 6.07) is 5.62. The van der Waals surface area contributed by atoms with E-state index in [9.17, 15) is 9.59 Å². The van der Waals surface area contributed by atoms with Gasteiger partial charge in [0.1, 0.15) is 5.75 Å².